The lowest BCUT2D eigenvalue weighted by atomic mass is 9.99. The molecule has 1 aromatic rings. The van der Waals surface area contributed by atoms with E-state index in [1.807, 2.05) is 18.2 Å². The Bertz CT molecular complexity index is 487. The molecule has 4 nitrogen and oxygen atoms in total. The van der Waals surface area contributed by atoms with Crippen LogP contribution in [0.15, 0.2) is 18.2 Å². The Morgan fingerprint density at radius 3 is 3.11 bits per heavy atom. The maximum Gasteiger partial charge on any atom is 0.253 e. The summed E-state index contributed by atoms with van der Waals surface area (Å²) >= 11 is 0. The normalized spacial score (nSPS) is 22.6. The van der Waals surface area contributed by atoms with Crippen molar-refractivity contribution in [3.8, 4) is 0 Å². The maximum absolute atomic E-state index is 12.4. The Kier molecular flexibility index (Phi) is 3.42. The lowest BCUT2D eigenvalue weighted by molar-refractivity contribution is 0.0473. The number of aliphatic hydroxyl groups is 1. The third-order valence-corrected chi connectivity index (χ3v) is 3.97. The number of rotatable bonds is 1. The third kappa shape index (κ3) is 2.59. The number of anilines is 1. The van der Waals surface area contributed by atoms with Crippen LogP contribution in [0.25, 0.3) is 0 Å². The van der Waals surface area contributed by atoms with Gasteiger partial charge in [-0.05, 0) is 49.4 Å². The van der Waals surface area contributed by atoms with Crippen molar-refractivity contribution in [2.24, 2.45) is 0 Å². The number of hydrogen-bond acceptors (Lipinski definition) is 3. The molecule has 2 N–H and O–H groups in total. The number of aryl methyl sites for hydroxylation is 1. The van der Waals surface area contributed by atoms with Crippen LogP contribution in [-0.4, -0.2) is 41.7 Å². The fourth-order valence-electron chi connectivity index (χ4n) is 2.93. The standard InChI is InChI=1S/C15H20N2O2/c18-13-4-2-8-17(10-13)15(19)12-5-6-14-11(9-12)3-1-7-16-14/h5-6,9,13,16,18H,1-4,7-8,10H2. The Labute approximate surface area is 113 Å². The van der Waals surface area contributed by atoms with Crippen molar-refractivity contribution in [1.29, 1.82) is 0 Å². The summed E-state index contributed by atoms with van der Waals surface area (Å²) in [6, 6.07) is 5.90. The van der Waals surface area contributed by atoms with Crippen molar-refractivity contribution in [3.63, 3.8) is 0 Å². The van der Waals surface area contributed by atoms with Crippen LogP contribution in [0.5, 0.6) is 0 Å². The third-order valence-electron chi connectivity index (χ3n) is 3.97. The van der Waals surface area contributed by atoms with Crippen LogP contribution in [0, 0.1) is 0 Å². The first-order valence-corrected chi connectivity index (χ1v) is 7.08. The molecule has 0 radical (unpaired) electrons. The van der Waals surface area contributed by atoms with Gasteiger partial charge in [-0.1, -0.05) is 0 Å². The fraction of sp³-hybridized carbons (Fsp3) is 0.533. The second-order valence-corrected chi connectivity index (χ2v) is 5.45. The van der Waals surface area contributed by atoms with E-state index in [4.69, 9.17) is 0 Å². The molecule has 2 heterocycles. The van der Waals surface area contributed by atoms with Crippen LogP contribution in [0.1, 0.15) is 35.2 Å². The molecule has 1 saturated heterocycles. The molecule has 19 heavy (non-hydrogen) atoms. The highest BCUT2D eigenvalue weighted by Crippen LogP contribution is 2.24. The second-order valence-electron chi connectivity index (χ2n) is 5.45. The molecule has 2 aliphatic rings. The zero-order valence-electron chi connectivity index (χ0n) is 11.1. The minimum atomic E-state index is -0.364. The minimum Gasteiger partial charge on any atom is -0.391 e. The number of carbonyl (C=O) groups excluding carboxylic acids is 1. The molecule has 0 bridgehead atoms. The average molecular weight is 260 g/mol. The van der Waals surface area contributed by atoms with Crippen molar-refractivity contribution in [2.45, 2.75) is 31.8 Å². The summed E-state index contributed by atoms with van der Waals surface area (Å²) < 4.78 is 0. The van der Waals surface area contributed by atoms with Gasteiger partial charge in [0, 0.05) is 30.9 Å². The maximum atomic E-state index is 12.4. The van der Waals surface area contributed by atoms with Gasteiger partial charge in [0.2, 0.25) is 0 Å². The van der Waals surface area contributed by atoms with E-state index in [1.165, 1.54) is 5.56 Å². The van der Waals surface area contributed by atoms with Gasteiger partial charge < -0.3 is 15.3 Å². The van der Waals surface area contributed by atoms with Gasteiger partial charge in [0.05, 0.1) is 6.10 Å². The molecule has 0 aromatic heterocycles. The predicted octanol–water partition coefficient (Wildman–Crippen LogP) is 1.64. The van der Waals surface area contributed by atoms with Crippen molar-refractivity contribution in [1.82, 2.24) is 4.90 Å². The van der Waals surface area contributed by atoms with E-state index in [9.17, 15) is 9.90 Å². The summed E-state index contributed by atoms with van der Waals surface area (Å²) in [7, 11) is 0. The van der Waals surface area contributed by atoms with E-state index in [0.29, 0.717) is 6.54 Å². The SMILES string of the molecule is O=C(c1ccc2c(c1)CCCN2)N1CCCC(O)C1. The zero-order valence-corrected chi connectivity index (χ0v) is 11.1. The minimum absolute atomic E-state index is 0.0483. The molecule has 0 saturated carbocycles. The Balaban J connectivity index is 1.79. The van der Waals surface area contributed by atoms with Crippen LogP contribution in [0.2, 0.25) is 0 Å². The number of aliphatic hydroxyl groups excluding tert-OH is 1. The number of carbonyl (C=O) groups is 1. The number of piperidine rings is 1. The van der Waals surface area contributed by atoms with Gasteiger partial charge >= 0.3 is 0 Å². The summed E-state index contributed by atoms with van der Waals surface area (Å²) in [6.45, 7) is 2.23. The fourth-order valence-corrected chi connectivity index (χ4v) is 2.93. The van der Waals surface area contributed by atoms with E-state index in [1.54, 1.807) is 4.90 Å². The first-order chi connectivity index (χ1) is 9.24. The van der Waals surface area contributed by atoms with Gasteiger partial charge in [0.15, 0.2) is 0 Å². The molecule has 1 unspecified atom stereocenters. The monoisotopic (exact) mass is 260 g/mol. The van der Waals surface area contributed by atoms with Crippen LogP contribution < -0.4 is 5.32 Å². The Hall–Kier alpha value is -1.55. The molecule has 4 heteroatoms. The van der Waals surface area contributed by atoms with Gasteiger partial charge in [0.25, 0.3) is 5.91 Å². The predicted molar refractivity (Wildman–Crippen MR) is 74.4 cm³/mol. The molecule has 3 rings (SSSR count). The summed E-state index contributed by atoms with van der Waals surface area (Å²) in [5.41, 5.74) is 3.13. The number of nitrogens with one attached hydrogen (secondary N) is 1. The van der Waals surface area contributed by atoms with Crippen molar-refractivity contribution >= 4 is 11.6 Å². The van der Waals surface area contributed by atoms with Crippen LogP contribution in [0.3, 0.4) is 0 Å². The average Bonchev–Trinajstić information content (AvgIpc) is 2.46. The Morgan fingerprint density at radius 2 is 2.26 bits per heavy atom. The highest BCUT2D eigenvalue weighted by atomic mass is 16.3. The number of nitrogens with zero attached hydrogens (tertiary/aromatic N) is 1. The summed E-state index contributed by atoms with van der Waals surface area (Å²) in [4.78, 5) is 14.2. The molecule has 0 aliphatic carbocycles. The molecule has 1 aromatic carbocycles. The lowest BCUT2D eigenvalue weighted by Gasteiger charge is -2.30. The Morgan fingerprint density at radius 1 is 1.37 bits per heavy atom. The van der Waals surface area contributed by atoms with Crippen molar-refractivity contribution in [2.75, 3.05) is 25.0 Å². The quantitative estimate of drug-likeness (QED) is 0.807. The second kappa shape index (κ2) is 5.21. The number of likely N-dealkylation sites (tertiary alicyclic amines) is 1. The highest BCUT2D eigenvalue weighted by Gasteiger charge is 2.23. The molecule has 0 spiro atoms. The molecule has 2 aliphatic heterocycles. The number of β-amino-alcohol motifs (C(OH)–C–C–N with tert-alkyl or cyclic N) is 1. The number of benzene rings is 1. The molecule has 102 valence electrons. The van der Waals surface area contributed by atoms with E-state index < -0.39 is 0 Å². The van der Waals surface area contributed by atoms with Gasteiger partial charge in [-0.2, -0.15) is 0 Å². The smallest absolute Gasteiger partial charge is 0.253 e. The van der Waals surface area contributed by atoms with Gasteiger partial charge in [-0.15, -0.1) is 0 Å². The molecule has 1 atom stereocenters. The number of fused-ring (bicyclic) bond motifs is 1. The lowest BCUT2D eigenvalue weighted by Crippen LogP contribution is -2.42. The van der Waals surface area contributed by atoms with Gasteiger partial charge in [-0.3, -0.25) is 4.79 Å². The van der Waals surface area contributed by atoms with Crippen LogP contribution in [-0.2, 0) is 6.42 Å². The van der Waals surface area contributed by atoms with Crippen molar-refractivity contribution in [3.05, 3.63) is 29.3 Å². The number of amides is 1. The summed E-state index contributed by atoms with van der Waals surface area (Å²) in [5, 5.41) is 13.0. The summed E-state index contributed by atoms with van der Waals surface area (Å²) in [5.74, 6) is 0.0483. The summed E-state index contributed by atoms with van der Waals surface area (Å²) in [6.07, 6.45) is 3.48. The molecular formula is C15H20N2O2. The van der Waals surface area contributed by atoms with E-state index >= 15 is 0 Å². The molecule has 1 fully saturated rings. The van der Waals surface area contributed by atoms with E-state index in [2.05, 4.69) is 5.32 Å². The van der Waals surface area contributed by atoms with Crippen LogP contribution in [0.4, 0.5) is 5.69 Å². The first kappa shape index (κ1) is 12.5. The first-order valence-electron chi connectivity index (χ1n) is 7.08. The van der Waals surface area contributed by atoms with E-state index in [0.717, 1.165) is 50.0 Å². The highest BCUT2D eigenvalue weighted by molar-refractivity contribution is 5.95. The van der Waals surface area contributed by atoms with Crippen LogP contribution >= 0.6 is 0 Å². The van der Waals surface area contributed by atoms with Crippen molar-refractivity contribution < 1.29 is 9.90 Å². The molecular weight excluding hydrogens is 240 g/mol. The largest absolute Gasteiger partial charge is 0.391 e. The number of hydrogen-bond donors (Lipinski definition) is 2. The topological polar surface area (TPSA) is 52.6 Å². The van der Waals surface area contributed by atoms with E-state index in [-0.39, 0.29) is 12.0 Å². The van der Waals surface area contributed by atoms with Gasteiger partial charge in [-0.25, -0.2) is 0 Å². The molecule has 1 amide bonds. The zero-order chi connectivity index (χ0) is 13.2. The van der Waals surface area contributed by atoms with Gasteiger partial charge in [0.1, 0.15) is 0 Å².